The molecule has 13 heteroatoms. The van der Waals surface area contributed by atoms with Gasteiger partial charge in [-0.05, 0) is 30.7 Å². The lowest BCUT2D eigenvalue weighted by Gasteiger charge is -2.15. The van der Waals surface area contributed by atoms with Crippen LogP contribution in [0.3, 0.4) is 0 Å². The summed E-state index contributed by atoms with van der Waals surface area (Å²) in [6, 6.07) is 4.94. The normalized spacial score (nSPS) is 17.7. The number of pyridine rings is 1. The quantitative estimate of drug-likeness (QED) is 0.473. The fourth-order valence-electron chi connectivity index (χ4n) is 3.34. The van der Waals surface area contributed by atoms with Crippen molar-refractivity contribution in [1.29, 1.82) is 0 Å². The number of nitrogens with one attached hydrogen (secondary N) is 2. The highest BCUT2D eigenvalue weighted by Gasteiger charge is 2.39. The van der Waals surface area contributed by atoms with Gasteiger partial charge in [0.1, 0.15) is 23.0 Å². The maximum atomic E-state index is 13.5. The summed E-state index contributed by atoms with van der Waals surface area (Å²) >= 11 is 0. The lowest BCUT2D eigenvalue weighted by atomic mass is 10.2. The lowest BCUT2D eigenvalue weighted by Crippen LogP contribution is -2.21. The molecule has 3 aromatic rings. The standard InChI is InChI=1S/C20H15F7N6/c21-10-6-11(22)8-13(7-10)29-18-32-16(14-2-1-3-15(30-14)20(25,26)27)31-17(33-18)28-12-4-5-19(23,24)9-12/h1-3,6-8,12H,4-5,9H2,(H2,28,29,31,32,33). The van der Waals surface area contributed by atoms with Crippen LogP contribution in [0.5, 0.6) is 0 Å². The number of hydrogen-bond donors (Lipinski definition) is 2. The van der Waals surface area contributed by atoms with Crippen LogP contribution in [-0.2, 0) is 6.18 Å². The van der Waals surface area contributed by atoms with Crippen molar-refractivity contribution in [3.8, 4) is 11.5 Å². The third-order valence-electron chi connectivity index (χ3n) is 4.76. The minimum atomic E-state index is -4.72. The van der Waals surface area contributed by atoms with Crippen molar-refractivity contribution in [2.24, 2.45) is 0 Å². The summed E-state index contributed by atoms with van der Waals surface area (Å²) in [4.78, 5) is 15.5. The van der Waals surface area contributed by atoms with E-state index < -0.39 is 41.9 Å². The molecule has 1 aliphatic carbocycles. The van der Waals surface area contributed by atoms with Gasteiger partial charge in [0.15, 0.2) is 5.82 Å². The smallest absolute Gasteiger partial charge is 0.351 e. The minimum Gasteiger partial charge on any atom is -0.351 e. The predicted octanol–water partition coefficient (Wildman–Crippen LogP) is 5.57. The molecule has 6 nitrogen and oxygen atoms in total. The highest BCUT2D eigenvalue weighted by Crippen LogP contribution is 2.36. The molecule has 0 amide bonds. The first kappa shape index (κ1) is 22.7. The zero-order valence-corrected chi connectivity index (χ0v) is 16.6. The van der Waals surface area contributed by atoms with E-state index in [1.165, 1.54) is 6.07 Å². The molecule has 1 aromatic carbocycles. The van der Waals surface area contributed by atoms with Crippen molar-refractivity contribution in [3.05, 3.63) is 53.7 Å². The molecule has 2 aromatic heterocycles. The molecule has 174 valence electrons. The Balaban J connectivity index is 1.71. The van der Waals surface area contributed by atoms with Crippen molar-refractivity contribution in [2.45, 2.75) is 37.4 Å². The Kier molecular flexibility index (Phi) is 5.80. The van der Waals surface area contributed by atoms with Gasteiger partial charge >= 0.3 is 6.18 Å². The number of anilines is 3. The van der Waals surface area contributed by atoms with Crippen LogP contribution < -0.4 is 10.6 Å². The number of nitrogens with zero attached hydrogens (tertiary/aromatic N) is 4. The molecule has 0 spiro atoms. The summed E-state index contributed by atoms with van der Waals surface area (Å²) in [5.41, 5.74) is -1.53. The average Bonchev–Trinajstić information content (AvgIpc) is 3.04. The molecule has 1 atom stereocenters. The molecule has 1 unspecified atom stereocenters. The number of halogens is 7. The van der Waals surface area contributed by atoms with Gasteiger partial charge in [-0.15, -0.1) is 0 Å². The summed E-state index contributed by atoms with van der Waals surface area (Å²) in [5, 5.41) is 5.26. The number of rotatable bonds is 5. The van der Waals surface area contributed by atoms with Gasteiger partial charge in [-0.25, -0.2) is 22.5 Å². The highest BCUT2D eigenvalue weighted by atomic mass is 19.4. The van der Waals surface area contributed by atoms with E-state index in [9.17, 15) is 30.7 Å². The minimum absolute atomic E-state index is 0.0833. The van der Waals surface area contributed by atoms with Crippen LogP contribution in [0, 0.1) is 11.6 Å². The summed E-state index contributed by atoms with van der Waals surface area (Å²) < 4.78 is 93.3. The first-order chi connectivity index (χ1) is 15.5. The second-order valence-corrected chi connectivity index (χ2v) is 7.44. The van der Waals surface area contributed by atoms with E-state index >= 15 is 0 Å². The van der Waals surface area contributed by atoms with E-state index in [4.69, 9.17) is 0 Å². The number of alkyl halides is 5. The number of aromatic nitrogens is 4. The Hall–Kier alpha value is -3.51. The zero-order chi connectivity index (χ0) is 23.8. The van der Waals surface area contributed by atoms with E-state index in [0.29, 0.717) is 6.07 Å². The fourth-order valence-corrected chi connectivity index (χ4v) is 3.34. The maximum Gasteiger partial charge on any atom is 0.433 e. The SMILES string of the molecule is Fc1cc(F)cc(Nc2nc(NC3CCC(F)(F)C3)nc(-c3cccc(C(F)(F)F)n3)n2)c1. The molecule has 0 aliphatic heterocycles. The number of benzene rings is 1. The molecule has 0 saturated heterocycles. The van der Waals surface area contributed by atoms with Gasteiger partial charge in [-0.1, -0.05) is 6.07 Å². The van der Waals surface area contributed by atoms with E-state index in [1.54, 1.807) is 0 Å². The van der Waals surface area contributed by atoms with E-state index in [2.05, 4.69) is 30.6 Å². The molecule has 4 rings (SSSR count). The second kappa shape index (κ2) is 8.45. The second-order valence-electron chi connectivity index (χ2n) is 7.44. The van der Waals surface area contributed by atoms with Crippen LogP contribution in [0.1, 0.15) is 25.0 Å². The Morgan fingerprint density at radius 1 is 0.909 bits per heavy atom. The summed E-state index contributed by atoms with van der Waals surface area (Å²) in [6.45, 7) is 0. The van der Waals surface area contributed by atoms with Crippen molar-refractivity contribution in [1.82, 2.24) is 19.9 Å². The summed E-state index contributed by atoms with van der Waals surface area (Å²) in [7, 11) is 0. The van der Waals surface area contributed by atoms with E-state index in [1.807, 2.05) is 0 Å². The van der Waals surface area contributed by atoms with Crippen LogP contribution in [0.15, 0.2) is 36.4 Å². The Bertz CT molecular complexity index is 1150. The summed E-state index contributed by atoms with van der Waals surface area (Å²) in [6.07, 6.45) is -5.42. The topological polar surface area (TPSA) is 75.6 Å². The van der Waals surface area contributed by atoms with Crippen molar-refractivity contribution in [3.63, 3.8) is 0 Å². The zero-order valence-electron chi connectivity index (χ0n) is 16.6. The molecular weight excluding hydrogens is 457 g/mol. The van der Waals surface area contributed by atoms with Gasteiger partial charge in [0.25, 0.3) is 0 Å². The van der Waals surface area contributed by atoms with Crippen LogP contribution in [-0.4, -0.2) is 31.9 Å². The first-order valence-electron chi connectivity index (χ1n) is 9.65. The molecule has 2 heterocycles. The van der Waals surface area contributed by atoms with Gasteiger partial charge in [0.05, 0.1) is 0 Å². The molecule has 0 bridgehead atoms. The van der Waals surface area contributed by atoms with Crippen molar-refractivity contribution in [2.75, 3.05) is 10.6 Å². The van der Waals surface area contributed by atoms with Gasteiger partial charge in [-0.3, -0.25) is 0 Å². The fraction of sp³-hybridized carbons (Fsp3) is 0.300. The summed E-state index contributed by atoms with van der Waals surface area (Å²) in [5.74, 6) is -5.44. The van der Waals surface area contributed by atoms with E-state index in [-0.39, 0.29) is 41.9 Å². The van der Waals surface area contributed by atoms with Crippen LogP contribution in [0.25, 0.3) is 11.5 Å². The van der Waals surface area contributed by atoms with Gasteiger partial charge in [-0.2, -0.15) is 28.1 Å². The van der Waals surface area contributed by atoms with Gasteiger partial charge in [0.2, 0.25) is 17.8 Å². The lowest BCUT2D eigenvalue weighted by molar-refractivity contribution is -0.141. The Labute approximate surface area is 182 Å². The molecule has 1 saturated carbocycles. The average molecular weight is 472 g/mol. The maximum absolute atomic E-state index is 13.5. The van der Waals surface area contributed by atoms with Crippen LogP contribution in [0.2, 0.25) is 0 Å². The third-order valence-corrected chi connectivity index (χ3v) is 4.76. The van der Waals surface area contributed by atoms with Crippen LogP contribution >= 0.6 is 0 Å². The third kappa shape index (κ3) is 5.65. The van der Waals surface area contributed by atoms with Gasteiger partial charge in [0, 0.05) is 30.6 Å². The molecule has 1 fully saturated rings. The Morgan fingerprint density at radius 3 is 2.24 bits per heavy atom. The molecule has 33 heavy (non-hydrogen) atoms. The first-order valence-corrected chi connectivity index (χ1v) is 9.65. The van der Waals surface area contributed by atoms with Crippen LogP contribution in [0.4, 0.5) is 48.3 Å². The predicted molar refractivity (Wildman–Crippen MR) is 104 cm³/mol. The van der Waals surface area contributed by atoms with Crippen molar-refractivity contribution < 1.29 is 30.7 Å². The highest BCUT2D eigenvalue weighted by molar-refractivity contribution is 5.59. The van der Waals surface area contributed by atoms with E-state index in [0.717, 1.165) is 24.3 Å². The number of hydrogen-bond acceptors (Lipinski definition) is 6. The Morgan fingerprint density at radius 2 is 1.61 bits per heavy atom. The molecular formula is C20H15F7N6. The molecule has 1 aliphatic rings. The monoisotopic (exact) mass is 472 g/mol. The largest absolute Gasteiger partial charge is 0.433 e. The molecule has 2 N–H and O–H groups in total. The molecule has 0 radical (unpaired) electrons. The van der Waals surface area contributed by atoms with Gasteiger partial charge < -0.3 is 10.6 Å². The van der Waals surface area contributed by atoms with Crippen molar-refractivity contribution >= 4 is 17.6 Å².